The van der Waals surface area contributed by atoms with E-state index in [4.69, 9.17) is 4.74 Å². The molecular formula is C29H40N2O3S. The van der Waals surface area contributed by atoms with Gasteiger partial charge in [0.25, 0.3) is 0 Å². The predicted molar refractivity (Wildman–Crippen MR) is 144 cm³/mol. The summed E-state index contributed by atoms with van der Waals surface area (Å²) in [4.78, 5) is 15.5. The van der Waals surface area contributed by atoms with Crippen LogP contribution < -0.4 is 10.1 Å². The van der Waals surface area contributed by atoms with Crippen LogP contribution in [0.3, 0.4) is 0 Å². The largest absolute Gasteiger partial charge is 0.508 e. The van der Waals surface area contributed by atoms with Gasteiger partial charge < -0.3 is 15.2 Å². The zero-order valence-electron chi connectivity index (χ0n) is 21.5. The standard InChI is InChI=1S/C29H40N2O3S/c1-20(18-30-28(33)27-16-23-8-9-26(34-4)15-24(23)19-35-27)17-29(2,3)31-12-10-21(11-13-31)22-6-5-7-25(32)14-22/h5-9,14-15,20-21,27,32H,10-13,16-19H2,1-4H3,(H,30,33)/t20-,27+/m0/s1. The topological polar surface area (TPSA) is 61.8 Å². The molecule has 35 heavy (non-hydrogen) atoms. The molecule has 2 heterocycles. The van der Waals surface area contributed by atoms with E-state index < -0.39 is 0 Å². The molecule has 2 N–H and O–H groups in total. The second-order valence-corrected chi connectivity index (χ2v) is 12.1. The molecule has 0 unspecified atom stereocenters. The number of methoxy groups -OCH3 is 1. The van der Waals surface area contributed by atoms with Crippen molar-refractivity contribution in [3.05, 3.63) is 59.2 Å². The molecule has 1 amide bonds. The third-order valence-corrected chi connectivity index (χ3v) is 8.98. The maximum absolute atomic E-state index is 12.9. The molecule has 190 valence electrons. The number of nitrogens with one attached hydrogen (secondary N) is 1. The molecule has 6 heteroatoms. The summed E-state index contributed by atoms with van der Waals surface area (Å²) in [5.41, 5.74) is 3.88. The van der Waals surface area contributed by atoms with E-state index in [2.05, 4.69) is 49.2 Å². The third-order valence-electron chi connectivity index (χ3n) is 7.72. The first kappa shape index (κ1) is 25.9. The summed E-state index contributed by atoms with van der Waals surface area (Å²) in [5, 5.41) is 13.0. The molecule has 2 aromatic rings. The van der Waals surface area contributed by atoms with Gasteiger partial charge in [0.15, 0.2) is 0 Å². The van der Waals surface area contributed by atoms with Crippen molar-refractivity contribution in [2.45, 2.75) is 68.9 Å². The lowest BCUT2D eigenvalue weighted by Crippen LogP contribution is -2.49. The van der Waals surface area contributed by atoms with Crippen LogP contribution in [0.15, 0.2) is 42.5 Å². The molecule has 0 spiro atoms. The van der Waals surface area contributed by atoms with Crippen LogP contribution >= 0.6 is 11.8 Å². The lowest BCUT2D eigenvalue weighted by molar-refractivity contribution is -0.120. The van der Waals surface area contributed by atoms with E-state index in [1.807, 2.05) is 18.2 Å². The number of phenolic OH excluding ortho intramolecular Hbond substituents is 1. The fourth-order valence-electron chi connectivity index (χ4n) is 5.72. The highest BCUT2D eigenvalue weighted by Crippen LogP contribution is 2.35. The van der Waals surface area contributed by atoms with Crippen molar-refractivity contribution in [1.82, 2.24) is 10.2 Å². The summed E-state index contributed by atoms with van der Waals surface area (Å²) < 4.78 is 5.33. The van der Waals surface area contributed by atoms with E-state index >= 15 is 0 Å². The Bertz CT molecular complexity index is 1020. The normalized spacial score (nSPS) is 20.2. The average Bonchev–Trinajstić information content (AvgIpc) is 2.86. The van der Waals surface area contributed by atoms with Crippen molar-refractivity contribution < 1.29 is 14.6 Å². The molecule has 5 nitrogen and oxygen atoms in total. The first-order chi connectivity index (χ1) is 16.7. The highest BCUT2D eigenvalue weighted by Gasteiger charge is 2.33. The first-order valence-corrected chi connectivity index (χ1v) is 13.9. The highest BCUT2D eigenvalue weighted by molar-refractivity contribution is 7.99. The van der Waals surface area contributed by atoms with Crippen molar-refractivity contribution in [3.63, 3.8) is 0 Å². The number of hydrogen-bond acceptors (Lipinski definition) is 5. The number of nitrogens with zero attached hydrogens (tertiary/aromatic N) is 1. The minimum absolute atomic E-state index is 0.0208. The fourth-order valence-corrected chi connectivity index (χ4v) is 6.90. The van der Waals surface area contributed by atoms with Gasteiger partial charge in [-0.1, -0.05) is 25.1 Å². The number of aromatic hydroxyl groups is 1. The molecule has 0 radical (unpaired) electrons. The summed E-state index contributed by atoms with van der Waals surface area (Å²) in [7, 11) is 1.69. The van der Waals surface area contributed by atoms with Gasteiger partial charge >= 0.3 is 0 Å². The lowest BCUT2D eigenvalue weighted by Gasteiger charge is -2.44. The summed E-state index contributed by atoms with van der Waals surface area (Å²) in [6.07, 6.45) is 4.06. The summed E-state index contributed by atoms with van der Waals surface area (Å²) in [6, 6.07) is 13.9. The Morgan fingerprint density at radius 2 is 1.97 bits per heavy atom. The van der Waals surface area contributed by atoms with Gasteiger partial charge in [-0.25, -0.2) is 0 Å². The van der Waals surface area contributed by atoms with E-state index in [0.29, 0.717) is 24.1 Å². The van der Waals surface area contributed by atoms with E-state index in [0.717, 1.165) is 50.3 Å². The third kappa shape index (κ3) is 6.53. The molecule has 0 aliphatic carbocycles. The number of amides is 1. The second kappa shape index (κ2) is 11.3. The Balaban J connectivity index is 1.23. The number of carbonyl (C=O) groups is 1. The number of piperidine rings is 1. The molecule has 0 saturated carbocycles. The molecule has 1 fully saturated rings. The van der Waals surface area contributed by atoms with Gasteiger partial charge in [-0.15, -0.1) is 11.8 Å². The van der Waals surface area contributed by atoms with Gasteiger partial charge in [-0.3, -0.25) is 9.69 Å². The number of phenols is 1. The number of ether oxygens (including phenoxy) is 1. The molecule has 2 atom stereocenters. The second-order valence-electron chi connectivity index (χ2n) is 10.9. The Labute approximate surface area is 214 Å². The van der Waals surface area contributed by atoms with Crippen molar-refractivity contribution in [2.75, 3.05) is 26.7 Å². The number of thioether (sulfide) groups is 1. The van der Waals surface area contributed by atoms with E-state index in [1.165, 1.54) is 16.7 Å². The molecule has 0 aromatic heterocycles. The van der Waals surface area contributed by atoms with Crippen LogP contribution in [0.5, 0.6) is 11.5 Å². The quantitative estimate of drug-likeness (QED) is 0.515. The van der Waals surface area contributed by atoms with Gasteiger partial charge in [0.2, 0.25) is 5.91 Å². The maximum atomic E-state index is 12.9. The highest BCUT2D eigenvalue weighted by atomic mass is 32.2. The van der Waals surface area contributed by atoms with Gasteiger partial charge in [0, 0.05) is 17.8 Å². The Morgan fingerprint density at radius 1 is 1.20 bits per heavy atom. The number of fused-ring (bicyclic) bond motifs is 1. The summed E-state index contributed by atoms with van der Waals surface area (Å²) >= 11 is 1.73. The molecule has 2 aliphatic heterocycles. The molecular weight excluding hydrogens is 456 g/mol. The van der Waals surface area contributed by atoms with Gasteiger partial charge in [0.1, 0.15) is 11.5 Å². The molecule has 0 bridgehead atoms. The SMILES string of the molecule is COc1ccc2c(c1)CS[C@@H](C(=O)NC[C@@H](C)CC(C)(C)N1CCC(c3cccc(O)c3)CC1)C2. The Hall–Kier alpha value is -2.18. The van der Waals surface area contributed by atoms with E-state index in [-0.39, 0.29) is 16.7 Å². The summed E-state index contributed by atoms with van der Waals surface area (Å²) in [6.45, 7) is 9.76. The Kier molecular flexibility index (Phi) is 8.33. The summed E-state index contributed by atoms with van der Waals surface area (Å²) in [5.74, 6) is 3.18. The van der Waals surface area contributed by atoms with Crippen molar-refractivity contribution in [2.24, 2.45) is 5.92 Å². The van der Waals surface area contributed by atoms with Crippen LogP contribution in [0.25, 0.3) is 0 Å². The van der Waals surface area contributed by atoms with Crippen LogP contribution in [0, 0.1) is 5.92 Å². The number of rotatable bonds is 8. The molecule has 2 aliphatic rings. The predicted octanol–water partition coefficient (Wildman–Crippen LogP) is 5.36. The smallest absolute Gasteiger partial charge is 0.233 e. The van der Waals surface area contributed by atoms with E-state index in [9.17, 15) is 9.90 Å². The first-order valence-electron chi connectivity index (χ1n) is 12.8. The van der Waals surface area contributed by atoms with Crippen LogP contribution in [0.2, 0.25) is 0 Å². The van der Waals surface area contributed by atoms with Gasteiger partial charge in [-0.2, -0.15) is 0 Å². The molecule has 2 aromatic carbocycles. The monoisotopic (exact) mass is 496 g/mol. The number of benzene rings is 2. The van der Waals surface area contributed by atoms with E-state index in [1.54, 1.807) is 24.9 Å². The lowest BCUT2D eigenvalue weighted by atomic mass is 9.84. The van der Waals surface area contributed by atoms with Crippen LogP contribution in [0.4, 0.5) is 0 Å². The van der Waals surface area contributed by atoms with Crippen molar-refractivity contribution >= 4 is 17.7 Å². The minimum Gasteiger partial charge on any atom is -0.508 e. The number of carbonyl (C=O) groups excluding carboxylic acids is 1. The number of likely N-dealkylation sites (tertiary alicyclic amines) is 1. The van der Waals surface area contributed by atoms with Gasteiger partial charge in [0.05, 0.1) is 12.4 Å². The van der Waals surface area contributed by atoms with Crippen LogP contribution in [0.1, 0.15) is 62.6 Å². The zero-order valence-corrected chi connectivity index (χ0v) is 22.4. The average molecular weight is 497 g/mol. The van der Waals surface area contributed by atoms with Crippen LogP contribution in [-0.2, 0) is 17.0 Å². The molecule has 1 saturated heterocycles. The minimum atomic E-state index is -0.0208. The number of hydrogen-bond donors (Lipinski definition) is 2. The van der Waals surface area contributed by atoms with Crippen molar-refractivity contribution in [1.29, 1.82) is 0 Å². The van der Waals surface area contributed by atoms with Gasteiger partial charge in [-0.05, 0) is 105 Å². The fraction of sp³-hybridized carbons (Fsp3) is 0.552. The van der Waals surface area contributed by atoms with Crippen molar-refractivity contribution in [3.8, 4) is 11.5 Å². The van der Waals surface area contributed by atoms with Crippen LogP contribution in [-0.4, -0.2) is 53.4 Å². The maximum Gasteiger partial charge on any atom is 0.233 e. The Morgan fingerprint density at radius 3 is 2.69 bits per heavy atom. The molecule has 4 rings (SSSR count). The zero-order chi connectivity index (χ0) is 25.0.